The number of fused-ring (bicyclic) bond motifs is 2. The summed E-state index contributed by atoms with van der Waals surface area (Å²) in [5.41, 5.74) is 3.18. The van der Waals surface area contributed by atoms with E-state index in [-0.39, 0.29) is 32.9 Å². The smallest absolute Gasteiger partial charge is 0.149 e. The van der Waals surface area contributed by atoms with Gasteiger partial charge in [0.2, 0.25) is 0 Å². The van der Waals surface area contributed by atoms with Crippen LogP contribution in [0, 0.1) is 27.5 Å². The van der Waals surface area contributed by atoms with Crippen molar-refractivity contribution in [1.29, 1.82) is 0 Å². The summed E-state index contributed by atoms with van der Waals surface area (Å²) in [6.07, 6.45) is 0.717. The maximum Gasteiger partial charge on any atom is 0.149 e. The molecule has 1 atom stereocenters. The van der Waals surface area contributed by atoms with Gasteiger partial charge >= 0.3 is 0 Å². The third-order valence-electron chi connectivity index (χ3n) is 11.1. The lowest BCUT2D eigenvalue weighted by atomic mass is 9.51. The van der Waals surface area contributed by atoms with Crippen LogP contribution in [0.15, 0.2) is 54.6 Å². The van der Waals surface area contributed by atoms with Crippen molar-refractivity contribution in [3.8, 4) is 0 Å². The van der Waals surface area contributed by atoms with E-state index in [1.165, 1.54) is 6.07 Å². The van der Waals surface area contributed by atoms with Crippen molar-refractivity contribution in [3.05, 3.63) is 82.4 Å². The number of pyridine rings is 2. The second-order valence-electron chi connectivity index (χ2n) is 16.4. The zero-order valence-corrected chi connectivity index (χ0v) is 28.8. The monoisotopic (exact) mass is 588 g/mol. The highest BCUT2D eigenvalue weighted by Crippen LogP contribution is 2.55. The van der Waals surface area contributed by atoms with E-state index < -0.39 is 5.41 Å². The van der Waals surface area contributed by atoms with Crippen LogP contribution >= 0.6 is 11.6 Å². The third kappa shape index (κ3) is 5.04. The maximum atomic E-state index is 14.9. The summed E-state index contributed by atoms with van der Waals surface area (Å²) in [6.45, 7) is 29.7. The molecule has 0 radical (unpaired) electrons. The highest BCUT2D eigenvalue weighted by molar-refractivity contribution is 6.35. The number of para-hydroxylation sites is 1. The minimum Gasteiger partial charge on any atom is -0.251 e. The molecule has 2 aromatic carbocycles. The van der Waals surface area contributed by atoms with Gasteiger partial charge in [-0.05, 0) is 51.8 Å². The summed E-state index contributed by atoms with van der Waals surface area (Å²) in [5, 5.41) is 2.56. The molecule has 2 aromatic heterocycles. The summed E-state index contributed by atoms with van der Waals surface area (Å²) < 4.78 is 14.9. The second-order valence-corrected chi connectivity index (χ2v) is 16.8. The van der Waals surface area contributed by atoms with Crippen molar-refractivity contribution in [3.63, 3.8) is 0 Å². The molecule has 0 amide bonds. The first kappa shape index (κ1) is 32.4. The van der Waals surface area contributed by atoms with Gasteiger partial charge in [-0.1, -0.05) is 138 Å². The highest BCUT2D eigenvalue weighted by atomic mass is 35.5. The third-order valence-corrected chi connectivity index (χ3v) is 11.5. The van der Waals surface area contributed by atoms with Gasteiger partial charge in [0.1, 0.15) is 11.3 Å². The molecule has 0 aliphatic carbocycles. The Hall–Kier alpha value is -2.52. The average Bonchev–Trinajstić information content (AvgIpc) is 2.87. The molecule has 4 rings (SSSR count). The first-order valence-electron chi connectivity index (χ1n) is 15.2. The van der Waals surface area contributed by atoms with Crippen molar-refractivity contribution in [2.45, 2.75) is 107 Å². The Morgan fingerprint density at radius 1 is 0.571 bits per heavy atom. The van der Waals surface area contributed by atoms with Gasteiger partial charge < -0.3 is 0 Å². The van der Waals surface area contributed by atoms with Gasteiger partial charge in [0, 0.05) is 33.0 Å². The molecule has 42 heavy (non-hydrogen) atoms. The molecular formula is C38H50ClFN2. The van der Waals surface area contributed by atoms with Crippen LogP contribution in [0.25, 0.3) is 21.8 Å². The van der Waals surface area contributed by atoms with Crippen LogP contribution in [0.2, 0.25) is 5.02 Å². The summed E-state index contributed by atoms with van der Waals surface area (Å²) >= 11 is 7.28. The van der Waals surface area contributed by atoms with Gasteiger partial charge in [-0.2, -0.15) is 0 Å². The van der Waals surface area contributed by atoms with E-state index in [1.807, 2.05) is 12.1 Å². The summed E-state index contributed by atoms with van der Waals surface area (Å²) in [7, 11) is 0. The first-order chi connectivity index (χ1) is 19.1. The Morgan fingerprint density at radius 3 is 1.55 bits per heavy atom. The van der Waals surface area contributed by atoms with E-state index in [4.69, 9.17) is 21.6 Å². The summed E-state index contributed by atoms with van der Waals surface area (Å²) in [4.78, 5) is 10.3. The Bertz CT molecular complexity index is 1620. The van der Waals surface area contributed by atoms with Crippen molar-refractivity contribution in [2.24, 2.45) is 21.7 Å². The molecule has 4 heteroatoms. The van der Waals surface area contributed by atoms with Crippen LogP contribution in [0.3, 0.4) is 0 Å². The van der Waals surface area contributed by atoms with Crippen molar-refractivity contribution in [2.75, 3.05) is 0 Å². The molecule has 0 spiro atoms. The van der Waals surface area contributed by atoms with E-state index in [0.29, 0.717) is 17.0 Å². The standard InChI is InChI=1S/C38H50ClFN2/c1-33(2,3)37(12,34(4,5)6)28-21-20-25-17-18-26(30(39)32(25)42-28)23-36(10,11)38(13,35(7,8)9)29-22-19-24-15-14-16-27(40)31(24)41-29/h14-22H,23H2,1-13H3/t38-/m1/s1. The number of benzene rings is 2. The average molecular weight is 589 g/mol. The quantitative estimate of drug-likeness (QED) is 0.232. The number of rotatable bonds is 5. The molecule has 2 heterocycles. The predicted molar refractivity (Wildman–Crippen MR) is 179 cm³/mol. The molecular weight excluding hydrogens is 539 g/mol. The lowest BCUT2D eigenvalue weighted by molar-refractivity contribution is 0.0509. The van der Waals surface area contributed by atoms with E-state index >= 15 is 0 Å². The van der Waals surface area contributed by atoms with Crippen LogP contribution in [0.1, 0.15) is 107 Å². The van der Waals surface area contributed by atoms with Gasteiger partial charge in [0.25, 0.3) is 0 Å². The Labute approximate surface area is 258 Å². The fourth-order valence-corrected chi connectivity index (χ4v) is 7.57. The molecule has 0 N–H and O–H groups in total. The summed E-state index contributed by atoms with van der Waals surface area (Å²) in [5.74, 6) is -0.291. The van der Waals surface area contributed by atoms with Crippen LogP contribution in [0.5, 0.6) is 0 Å². The number of hydrogen-bond donors (Lipinski definition) is 0. The lowest BCUT2D eigenvalue weighted by Gasteiger charge is -2.53. The van der Waals surface area contributed by atoms with Crippen molar-refractivity contribution in [1.82, 2.24) is 9.97 Å². The van der Waals surface area contributed by atoms with E-state index in [1.54, 1.807) is 6.07 Å². The van der Waals surface area contributed by atoms with Gasteiger partial charge in [0.15, 0.2) is 0 Å². The van der Waals surface area contributed by atoms with Crippen LogP contribution in [-0.2, 0) is 17.3 Å². The van der Waals surface area contributed by atoms with E-state index in [0.717, 1.165) is 33.2 Å². The molecule has 0 saturated heterocycles. The molecule has 0 fully saturated rings. The van der Waals surface area contributed by atoms with Crippen LogP contribution in [0.4, 0.5) is 4.39 Å². The molecule has 226 valence electrons. The molecule has 0 bridgehead atoms. The number of hydrogen-bond acceptors (Lipinski definition) is 2. The topological polar surface area (TPSA) is 25.8 Å². The normalized spacial score (nSPS) is 15.3. The molecule has 0 aliphatic rings. The largest absolute Gasteiger partial charge is 0.251 e. The SMILES string of the molecule is CC(C)(C)C(C)(c1ccc2ccc(CC(C)(C)[C@](C)(c3ccc4cccc(F)c4n3)C(C)(C)C)c(Cl)c2n1)C(C)(C)C. The van der Waals surface area contributed by atoms with Crippen LogP contribution in [-0.4, -0.2) is 9.97 Å². The van der Waals surface area contributed by atoms with Gasteiger partial charge in [-0.3, -0.25) is 4.98 Å². The molecule has 0 unspecified atom stereocenters. The second kappa shape index (κ2) is 10.3. The maximum absolute atomic E-state index is 14.9. The van der Waals surface area contributed by atoms with Crippen molar-refractivity contribution < 1.29 is 4.39 Å². The van der Waals surface area contributed by atoms with Gasteiger partial charge in [-0.15, -0.1) is 0 Å². The fourth-order valence-electron chi connectivity index (χ4n) is 7.29. The lowest BCUT2D eigenvalue weighted by Crippen LogP contribution is -2.51. The Morgan fingerprint density at radius 2 is 1.02 bits per heavy atom. The zero-order chi connectivity index (χ0) is 31.7. The van der Waals surface area contributed by atoms with Crippen LogP contribution < -0.4 is 0 Å². The molecule has 0 aliphatic heterocycles. The number of halogens is 2. The Kier molecular flexibility index (Phi) is 7.94. The minimum absolute atomic E-state index is 0.0150. The summed E-state index contributed by atoms with van der Waals surface area (Å²) in [6, 6.07) is 17.8. The fraction of sp³-hybridized carbons (Fsp3) is 0.526. The molecule has 0 saturated carbocycles. The first-order valence-corrected chi connectivity index (χ1v) is 15.6. The van der Waals surface area contributed by atoms with E-state index in [2.05, 4.69) is 120 Å². The van der Waals surface area contributed by atoms with Crippen molar-refractivity contribution >= 4 is 33.4 Å². The number of aromatic nitrogens is 2. The molecule has 2 nitrogen and oxygen atoms in total. The predicted octanol–water partition coefficient (Wildman–Crippen LogP) is 11.5. The Balaban J connectivity index is 1.87. The highest BCUT2D eigenvalue weighted by Gasteiger charge is 2.52. The van der Waals surface area contributed by atoms with Gasteiger partial charge in [-0.25, -0.2) is 9.37 Å². The minimum atomic E-state index is -0.416. The molecule has 4 aromatic rings. The van der Waals surface area contributed by atoms with E-state index in [9.17, 15) is 4.39 Å². The zero-order valence-electron chi connectivity index (χ0n) is 28.1. The van der Waals surface area contributed by atoms with Gasteiger partial charge in [0.05, 0.1) is 10.5 Å². The number of nitrogens with zero attached hydrogens (tertiary/aromatic N) is 2.